The van der Waals surface area contributed by atoms with E-state index in [1.54, 1.807) is 13.1 Å². The summed E-state index contributed by atoms with van der Waals surface area (Å²) in [6, 6.07) is 3.48. The number of hydrogen-bond donors (Lipinski definition) is 2. The van der Waals surface area contributed by atoms with Gasteiger partial charge in [0.15, 0.2) is 0 Å². The molecular weight excluding hydrogens is 228 g/mol. The average Bonchev–Trinajstić information content (AvgIpc) is 2.90. The molecule has 1 aromatic heterocycles. The van der Waals surface area contributed by atoms with Crippen LogP contribution in [0.2, 0.25) is 0 Å². The molecule has 0 bridgehead atoms. The molecule has 1 amide bonds. The highest BCUT2D eigenvalue weighted by atomic mass is 16.2. The Hall–Kier alpha value is -1.62. The molecule has 0 aliphatic carbocycles. The molecule has 5 heteroatoms. The van der Waals surface area contributed by atoms with Crippen LogP contribution in [-0.2, 0) is 11.3 Å². The van der Waals surface area contributed by atoms with E-state index in [4.69, 9.17) is 5.73 Å². The first-order chi connectivity index (χ1) is 8.66. The van der Waals surface area contributed by atoms with Gasteiger partial charge in [-0.05, 0) is 37.5 Å². The van der Waals surface area contributed by atoms with Crippen molar-refractivity contribution >= 4 is 11.7 Å². The fraction of sp³-hybridized carbons (Fsp3) is 0.538. The van der Waals surface area contributed by atoms with Crippen LogP contribution in [0.4, 0.5) is 5.82 Å². The molecule has 2 rings (SSSR count). The van der Waals surface area contributed by atoms with Crippen LogP contribution in [0, 0.1) is 0 Å². The average molecular weight is 248 g/mol. The molecular formula is C13H20N4O. The van der Waals surface area contributed by atoms with Crippen molar-refractivity contribution in [3.05, 3.63) is 23.9 Å². The summed E-state index contributed by atoms with van der Waals surface area (Å²) < 4.78 is 0. The van der Waals surface area contributed by atoms with Gasteiger partial charge in [-0.25, -0.2) is 4.98 Å². The number of nitrogens with one attached hydrogen (secondary N) is 1. The number of rotatable bonds is 4. The maximum Gasteiger partial charge on any atom is 0.236 e. The lowest BCUT2D eigenvalue weighted by molar-refractivity contribution is -0.122. The minimum absolute atomic E-state index is 0.130. The van der Waals surface area contributed by atoms with Crippen molar-refractivity contribution in [2.24, 2.45) is 5.73 Å². The zero-order chi connectivity index (χ0) is 13.0. The third-order valence-corrected chi connectivity index (χ3v) is 3.12. The predicted molar refractivity (Wildman–Crippen MR) is 71.2 cm³/mol. The molecule has 1 fully saturated rings. The van der Waals surface area contributed by atoms with E-state index in [-0.39, 0.29) is 5.91 Å². The Morgan fingerprint density at radius 1 is 1.56 bits per heavy atom. The van der Waals surface area contributed by atoms with Gasteiger partial charge in [-0.1, -0.05) is 0 Å². The van der Waals surface area contributed by atoms with Gasteiger partial charge in [-0.3, -0.25) is 4.79 Å². The van der Waals surface area contributed by atoms with Gasteiger partial charge in [0.2, 0.25) is 5.91 Å². The highest BCUT2D eigenvalue weighted by Crippen LogP contribution is 2.18. The highest BCUT2D eigenvalue weighted by Gasteiger charge is 2.13. The molecule has 98 valence electrons. The third kappa shape index (κ3) is 3.20. The number of pyridine rings is 1. The molecule has 5 nitrogen and oxygen atoms in total. The standard InChI is InChI=1S/C13H20N4O/c1-10(14)13(18)16-9-11-4-5-15-12(8-11)17-6-2-3-7-17/h4-5,8,10H,2-3,6-7,9,14H2,1H3,(H,16,18)/t10-/m1/s1. The number of nitrogens with two attached hydrogens (primary N) is 1. The second-order valence-electron chi connectivity index (χ2n) is 4.72. The zero-order valence-electron chi connectivity index (χ0n) is 10.7. The Labute approximate surface area is 107 Å². The van der Waals surface area contributed by atoms with Gasteiger partial charge in [0.05, 0.1) is 6.04 Å². The lowest BCUT2D eigenvalue weighted by atomic mass is 10.2. The van der Waals surface area contributed by atoms with E-state index in [0.29, 0.717) is 6.54 Å². The topological polar surface area (TPSA) is 71.2 Å². The number of aromatic nitrogens is 1. The second kappa shape index (κ2) is 5.82. The Bertz CT molecular complexity index is 413. The fourth-order valence-corrected chi connectivity index (χ4v) is 2.04. The molecule has 1 aliphatic rings. The summed E-state index contributed by atoms with van der Waals surface area (Å²) in [5, 5.41) is 2.81. The second-order valence-corrected chi connectivity index (χ2v) is 4.72. The van der Waals surface area contributed by atoms with Crippen molar-refractivity contribution in [1.29, 1.82) is 0 Å². The maximum atomic E-state index is 11.4. The number of nitrogens with zero attached hydrogens (tertiary/aromatic N) is 2. The Morgan fingerprint density at radius 2 is 2.28 bits per heavy atom. The molecule has 0 saturated carbocycles. The van der Waals surface area contributed by atoms with E-state index in [1.165, 1.54) is 12.8 Å². The first-order valence-electron chi connectivity index (χ1n) is 6.40. The van der Waals surface area contributed by atoms with Crippen molar-refractivity contribution in [2.75, 3.05) is 18.0 Å². The number of anilines is 1. The monoisotopic (exact) mass is 248 g/mol. The summed E-state index contributed by atoms with van der Waals surface area (Å²) in [4.78, 5) is 18.0. The van der Waals surface area contributed by atoms with Crippen molar-refractivity contribution in [1.82, 2.24) is 10.3 Å². The molecule has 18 heavy (non-hydrogen) atoms. The van der Waals surface area contributed by atoms with Crippen molar-refractivity contribution < 1.29 is 4.79 Å². The summed E-state index contributed by atoms with van der Waals surface area (Å²) in [6.45, 7) is 4.33. The fourth-order valence-electron chi connectivity index (χ4n) is 2.04. The molecule has 0 radical (unpaired) electrons. The Morgan fingerprint density at radius 3 is 2.94 bits per heavy atom. The van der Waals surface area contributed by atoms with Crippen LogP contribution in [0.1, 0.15) is 25.3 Å². The van der Waals surface area contributed by atoms with E-state index in [1.807, 2.05) is 12.1 Å². The van der Waals surface area contributed by atoms with Crippen LogP contribution in [-0.4, -0.2) is 30.0 Å². The van der Waals surface area contributed by atoms with Gasteiger partial charge in [0.1, 0.15) is 5.82 Å². The van der Waals surface area contributed by atoms with Gasteiger partial charge >= 0.3 is 0 Å². The molecule has 1 saturated heterocycles. The van der Waals surface area contributed by atoms with Crippen LogP contribution < -0.4 is 16.0 Å². The third-order valence-electron chi connectivity index (χ3n) is 3.12. The summed E-state index contributed by atoms with van der Waals surface area (Å²) in [7, 11) is 0. The molecule has 0 aromatic carbocycles. The summed E-state index contributed by atoms with van der Waals surface area (Å²) in [5.74, 6) is 0.870. The van der Waals surface area contributed by atoms with Crippen LogP contribution in [0.25, 0.3) is 0 Å². The number of carbonyl (C=O) groups is 1. The van der Waals surface area contributed by atoms with Gasteiger partial charge in [0, 0.05) is 25.8 Å². The smallest absolute Gasteiger partial charge is 0.236 e. The highest BCUT2D eigenvalue weighted by molar-refractivity contribution is 5.80. The van der Waals surface area contributed by atoms with Crippen LogP contribution in [0.3, 0.4) is 0 Å². The van der Waals surface area contributed by atoms with Crippen molar-refractivity contribution in [3.63, 3.8) is 0 Å². The van der Waals surface area contributed by atoms with Crippen LogP contribution in [0.15, 0.2) is 18.3 Å². The van der Waals surface area contributed by atoms with E-state index < -0.39 is 6.04 Å². The lowest BCUT2D eigenvalue weighted by Crippen LogP contribution is -2.37. The van der Waals surface area contributed by atoms with Gasteiger partial charge in [-0.2, -0.15) is 0 Å². The molecule has 0 unspecified atom stereocenters. The maximum absolute atomic E-state index is 11.4. The Balaban J connectivity index is 1.96. The van der Waals surface area contributed by atoms with Crippen molar-refractivity contribution in [3.8, 4) is 0 Å². The van der Waals surface area contributed by atoms with Gasteiger partial charge < -0.3 is 16.0 Å². The van der Waals surface area contributed by atoms with Crippen LogP contribution >= 0.6 is 0 Å². The minimum atomic E-state index is -0.468. The molecule has 0 spiro atoms. The summed E-state index contributed by atoms with van der Waals surface area (Å²) in [5.41, 5.74) is 6.55. The van der Waals surface area contributed by atoms with E-state index >= 15 is 0 Å². The number of hydrogen-bond acceptors (Lipinski definition) is 4. The summed E-state index contributed by atoms with van der Waals surface area (Å²) >= 11 is 0. The first kappa shape index (κ1) is 12.8. The van der Waals surface area contributed by atoms with Gasteiger partial charge in [0.25, 0.3) is 0 Å². The number of carbonyl (C=O) groups excluding carboxylic acids is 1. The van der Waals surface area contributed by atoms with Crippen LogP contribution in [0.5, 0.6) is 0 Å². The molecule has 1 aromatic rings. The molecule has 2 heterocycles. The Kier molecular flexibility index (Phi) is 4.15. The van der Waals surface area contributed by atoms with E-state index in [2.05, 4.69) is 15.2 Å². The minimum Gasteiger partial charge on any atom is -0.357 e. The van der Waals surface area contributed by atoms with E-state index in [0.717, 1.165) is 24.5 Å². The molecule has 3 N–H and O–H groups in total. The first-order valence-corrected chi connectivity index (χ1v) is 6.40. The van der Waals surface area contributed by atoms with E-state index in [9.17, 15) is 4.79 Å². The van der Waals surface area contributed by atoms with Crippen molar-refractivity contribution in [2.45, 2.75) is 32.4 Å². The summed E-state index contributed by atoms with van der Waals surface area (Å²) in [6.07, 6.45) is 4.25. The zero-order valence-corrected chi connectivity index (χ0v) is 10.7. The lowest BCUT2D eigenvalue weighted by Gasteiger charge is -2.17. The van der Waals surface area contributed by atoms with Gasteiger partial charge in [-0.15, -0.1) is 0 Å². The normalized spacial score (nSPS) is 16.7. The quantitative estimate of drug-likeness (QED) is 0.820. The predicted octanol–water partition coefficient (Wildman–Crippen LogP) is 0.645. The SMILES string of the molecule is C[C@@H](N)C(=O)NCc1ccnc(N2CCCC2)c1. The molecule has 1 aliphatic heterocycles. The number of amides is 1. The largest absolute Gasteiger partial charge is 0.357 e. The molecule has 1 atom stereocenters.